The number of nitrogens with zero attached hydrogens (tertiary/aromatic N) is 1. The summed E-state index contributed by atoms with van der Waals surface area (Å²) >= 11 is 5.75. The first kappa shape index (κ1) is 16.6. The van der Waals surface area contributed by atoms with Crippen LogP contribution in [0.4, 0.5) is 5.69 Å². The molecule has 0 aromatic heterocycles. The van der Waals surface area contributed by atoms with Crippen LogP contribution in [-0.4, -0.2) is 22.8 Å². The fraction of sp³-hybridized carbons (Fsp3) is 0.125. The molecule has 0 saturated heterocycles. The van der Waals surface area contributed by atoms with E-state index in [9.17, 15) is 19.7 Å². The molecule has 2 aromatic carbocycles. The highest BCUT2D eigenvalue weighted by atomic mass is 35.5. The number of rotatable bonds is 5. The predicted octanol–water partition coefficient (Wildman–Crippen LogP) is 3.68. The molecule has 2 rings (SSSR count). The molecule has 0 aliphatic carbocycles. The predicted molar refractivity (Wildman–Crippen MR) is 83.8 cm³/mol. The maximum atomic E-state index is 12.2. The molecule has 0 unspecified atom stereocenters. The van der Waals surface area contributed by atoms with Gasteiger partial charge >= 0.3 is 5.97 Å². The van der Waals surface area contributed by atoms with Crippen molar-refractivity contribution >= 4 is 29.0 Å². The number of nitro benzene ring substituents is 1. The number of ketones is 1. The molecule has 0 N–H and O–H groups in total. The number of non-ortho nitro benzene ring substituents is 1. The highest BCUT2D eigenvalue weighted by Gasteiger charge is 2.21. The first-order valence-electron chi connectivity index (χ1n) is 6.63. The SMILES string of the molecule is C[C@@H](OC(=O)c1cccc([N+](=O)[O-])c1)C(=O)c1ccc(Cl)cc1. The highest BCUT2D eigenvalue weighted by molar-refractivity contribution is 6.30. The van der Waals surface area contributed by atoms with Gasteiger partial charge in [-0.1, -0.05) is 17.7 Å². The molecule has 2 aromatic rings. The van der Waals surface area contributed by atoms with Gasteiger partial charge in [-0.05, 0) is 37.3 Å². The minimum Gasteiger partial charge on any atom is -0.451 e. The van der Waals surface area contributed by atoms with Gasteiger partial charge in [0.25, 0.3) is 5.69 Å². The van der Waals surface area contributed by atoms with E-state index in [-0.39, 0.29) is 17.0 Å². The molecular formula is C16H12ClNO5. The van der Waals surface area contributed by atoms with E-state index in [0.717, 1.165) is 6.07 Å². The average molecular weight is 334 g/mol. The Kier molecular flexibility index (Phi) is 5.08. The third-order valence-electron chi connectivity index (χ3n) is 3.07. The number of ether oxygens (including phenoxy) is 1. The number of nitro groups is 1. The van der Waals surface area contributed by atoms with Crippen LogP contribution < -0.4 is 0 Å². The van der Waals surface area contributed by atoms with E-state index in [4.69, 9.17) is 16.3 Å². The molecule has 0 radical (unpaired) electrons. The summed E-state index contributed by atoms with van der Waals surface area (Å²) in [5, 5.41) is 11.2. The second-order valence-electron chi connectivity index (χ2n) is 4.73. The Morgan fingerprint density at radius 1 is 1.13 bits per heavy atom. The van der Waals surface area contributed by atoms with Crippen molar-refractivity contribution in [2.24, 2.45) is 0 Å². The van der Waals surface area contributed by atoms with Gasteiger partial charge in [-0.25, -0.2) is 4.79 Å². The number of carbonyl (C=O) groups excluding carboxylic acids is 2. The zero-order chi connectivity index (χ0) is 17.0. The van der Waals surface area contributed by atoms with E-state index >= 15 is 0 Å². The van der Waals surface area contributed by atoms with Crippen LogP contribution in [0, 0.1) is 10.1 Å². The molecule has 0 aliphatic heterocycles. The van der Waals surface area contributed by atoms with E-state index in [1.165, 1.54) is 37.3 Å². The highest BCUT2D eigenvalue weighted by Crippen LogP contribution is 2.16. The summed E-state index contributed by atoms with van der Waals surface area (Å²) in [6.07, 6.45) is -1.03. The monoisotopic (exact) mass is 333 g/mol. The summed E-state index contributed by atoms with van der Waals surface area (Å²) in [5.41, 5.74) is 0.139. The van der Waals surface area contributed by atoms with Crippen LogP contribution in [0.2, 0.25) is 5.02 Å². The van der Waals surface area contributed by atoms with Crippen LogP contribution in [-0.2, 0) is 4.74 Å². The first-order chi connectivity index (χ1) is 10.9. The molecule has 0 spiro atoms. The maximum Gasteiger partial charge on any atom is 0.339 e. The molecule has 0 bridgehead atoms. The summed E-state index contributed by atoms with van der Waals surface area (Å²) in [7, 11) is 0. The largest absolute Gasteiger partial charge is 0.451 e. The number of halogens is 1. The smallest absolute Gasteiger partial charge is 0.339 e. The van der Waals surface area contributed by atoms with Gasteiger partial charge in [0.05, 0.1) is 10.5 Å². The molecule has 0 fully saturated rings. The van der Waals surface area contributed by atoms with Crippen molar-refractivity contribution in [1.29, 1.82) is 0 Å². The number of hydrogen-bond donors (Lipinski definition) is 0. The molecule has 1 atom stereocenters. The molecule has 6 nitrogen and oxygen atoms in total. The van der Waals surface area contributed by atoms with E-state index in [1.807, 2.05) is 0 Å². The second-order valence-corrected chi connectivity index (χ2v) is 5.16. The van der Waals surface area contributed by atoms with Crippen molar-refractivity contribution < 1.29 is 19.2 Å². The van der Waals surface area contributed by atoms with Crippen LogP contribution >= 0.6 is 11.6 Å². The molecule has 23 heavy (non-hydrogen) atoms. The van der Waals surface area contributed by atoms with Crippen molar-refractivity contribution in [2.75, 3.05) is 0 Å². The zero-order valence-electron chi connectivity index (χ0n) is 12.1. The van der Waals surface area contributed by atoms with Crippen LogP contribution in [0.1, 0.15) is 27.6 Å². The van der Waals surface area contributed by atoms with Gasteiger partial charge in [-0.15, -0.1) is 0 Å². The summed E-state index contributed by atoms with van der Waals surface area (Å²) < 4.78 is 5.07. The Hall–Kier alpha value is -2.73. The quantitative estimate of drug-likeness (QED) is 0.360. The number of carbonyl (C=O) groups is 2. The normalized spacial score (nSPS) is 11.6. The topological polar surface area (TPSA) is 86.5 Å². The molecule has 0 saturated carbocycles. The van der Waals surface area contributed by atoms with Crippen LogP contribution in [0.3, 0.4) is 0 Å². The van der Waals surface area contributed by atoms with Crippen LogP contribution in [0.25, 0.3) is 0 Å². The average Bonchev–Trinajstić information content (AvgIpc) is 2.54. The lowest BCUT2D eigenvalue weighted by molar-refractivity contribution is -0.384. The fourth-order valence-electron chi connectivity index (χ4n) is 1.88. The van der Waals surface area contributed by atoms with Crippen molar-refractivity contribution in [3.8, 4) is 0 Å². The third kappa shape index (κ3) is 4.14. The van der Waals surface area contributed by atoms with Gasteiger partial charge in [-0.3, -0.25) is 14.9 Å². The van der Waals surface area contributed by atoms with Crippen molar-refractivity contribution in [1.82, 2.24) is 0 Å². The number of Topliss-reactive ketones (excluding diaryl/α,β-unsaturated/α-hetero) is 1. The Balaban J connectivity index is 2.10. The number of benzene rings is 2. The molecular weight excluding hydrogens is 322 g/mol. The van der Waals surface area contributed by atoms with Crippen molar-refractivity contribution in [2.45, 2.75) is 13.0 Å². The molecule has 7 heteroatoms. The second kappa shape index (κ2) is 7.02. The summed E-state index contributed by atoms with van der Waals surface area (Å²) in [6, 6.07) is 11.3. The Morgan fingerprint density at radius 3 is 2.39 bits per heavy atom. The minimum absolute atomic E-state index is 0.00922. The standard InChI is InChI=1S/C16H12ClNO5/c1-10(15(19)11-5-7-13(17)8-6-11)23-16(20)12-3-2-4-14(9-12)18(21)22/h2-10H,1H3/t10-/m1/s1. The maximum absolute atomic E-state index is 12.2. The lowest BCUT2D eigenvalue weighted by Crippen LogP contribution is -2.24. The fourth-order valence-corrected chi connectivity index (χ4v) is 2.00. The summed E-state index contributed by atoms with van der Waals surface area (Å²) in [6.45, 7) is 1.44. The summed E-state index contributed by atoms with van der Waals surface area (Å²) in [5.74, 6) is -1.19. The van der Waals surface area contributed by atoms with E-state index in [1.54, 1.807) is 12.1 Å². The molecule has 0 aliphatic rings. The molecule has 0 heterocycles. The van der Waals surface area contributed by atoms with Gasteiger partial charge in [0, 0.05) is 22.7 Å². The van der Waals surface area contributed by atoms with E-state index in [0.29, 0.717) is 10.6 Å². The number of esters is 1. The van der Waals surface area contributed by atoms with Gasteiger partial charge in [-0.2, -0.15) is 0 Å². The summed E-state index contributed by atoms with van der Waals surface area (Å²) in [4.78, 5) is 34.3. The lowest BCUT2D eigenvalue weighted by Gasteiger charge is -2.12. The minimum atomic E-state index is -1.03. The van der Waals surface area contributed by atoms with Gasteiger partial charge in [0.1, 0.15) is 0 Å². The first-order valence-corrected chi connectivity index (χ1v) is 7.01. The Bertz CT molecular complexity index is 757. The van der Waals surface area contributed by atoms with Crippen molar-refractivity contribution in [3.63, 3.8) is 0 Å². The van der Waals surface area contributed by atoms with Gasteiger partial charge < -0.3 is 4.74 Å². The lowest BCUT2D eigenvalue weighted by atomic mass is 10.1. The number of hydrogen-bond acceptors (Lipinski definition) is 5. The Morgan fingerprint density at radius 2 is 1.78 bits per heavy atom. The van der Waals surface area contributed by atoms with Gasteiger partial charge in [0.2, 0.25) is 5.78 Å². The van der Waals surface area contributed by atoms with Gasteiger partial charge in [0.15, 0.2) is 6.10 Å². The van der Waals surface area contributed by atoms with Crippen molar-refractivity contribution in [3.05, 3.63) is 74.8 Å². The van der Waals surface area contributed by atoms with Crippen LogP contribution in [0.15, 0.2) is 48.5 Å². The molecule has 0 amide bonds. The van der Waals surface area contributed by atoms with E-state index < -0.39 is 17.0 Å². The molecule has 118 valence electrons. The van der Waals surface area contributed by atoms with Crippen LogP contribution in [0.5, 0.6) is 0 Å². The third-order valence-corrected chi connectivity index (χ3v) is 3.33. The van der Waals surface area contributed by atoms with E-state index in [2.05, 4.69) is 0 Å². The zero-order valence-corrected chi connectivity index (χ0v) is 12.8. The Labute approximate surface area is 136 Å².